The summed E-state index contributed by atoms with van der Waals surface area (Å²) < 4.78 is 0. The van der Waals surface area contributed by atoms with Crippen LogP contribution in [0.4, 0.5) is 5.69 Å². The highest BCUT2D eigenvalue weighted by molar-refractivity contribution is 5.98. The Balaban J connectivity index is 2.25. The number of carboxylic acids is 1. The monoisotopic (exact) mass is 320 g/mol. The highest BCUT2D eigenvalue weighted by Gasteiger charge is 2.32. The number of hydrogen-bond acceptors (Lipinski definition) is 4. The second-order valence-corrected chi connectivity index (χ2v) is 6.13. The molecule has 0 bridgehead atoms. The van der Waals surface area contributed by atoms with Gasteiger partial charge in [0, 0.05) is 17.2 Å². The maximum absolute atomic E-state index is 12.5. The molecule has 1 aromatic rings. The number of nitro groups is 1. The van der Waals surface area contributed by atoms with E-state index in [0.29, 0.717) is 41.5 Å². The molecule has 7 heteroatoms. The van der Waals surface area contributed by atoms with Gasteiger partial charge in [-0.2, -0.15) is 0 Å². The minimum absolute atomic E-state index is 0.0458. The van der Waals surface area contributed by atoms with E-state index in [1.54, 1.807) is 26.8 Å². The Morgan fingerprint density at radius 3 is 2.43 bits per heavy atom. The van der Waals surface area contributed by atoms with Crippen LogP contribution in [0.25, 0.3) is 0 Å². The lowest BCUT2D eigenvalue weighted by Gasteiger charge is -2.16. The van der Waals surface area contributed by atoms with Crippen LogP contribution in [0.1, 0.15) is 46.3 Å². The number of aliphatic carboxylic acids is 1. The first-order valence-electron chi connectivity index (χ1n) is 7.51. The van der Waals surface area contributed by atoms with Gasteiger partial charge in [0.05, 0.1) is 16.4 Å². The van der Waals surface area contributed by atoms with Crippen LogP contribution in [0.15, 0.2) is 6.07 Å². The van der Waals surface area contributed by atoms with Crippen LogP contribution in [-0.2, 0) is 4.79 Å². The van der Waals surface area contributed by atoms with E-state index in [1.807, 2.05) is 0 Å². The number of benzene rings is 1. The highest BCUT2D eigenvalue weighted by atomic mass is 16.6. The Morgan fingerprint density at radius 1 is 1.26 bits per heavy atom. The number of carbonyl (C=O) groups is 2. The van der Waals surface area contributed by atoms with Gasteiger partial charge in [0.2, 0.25) is 0 Å². The predicted octanol–water partition coefficient (Wildman–Crippen LogP) is 2.50. The summed E-state index contributed by atoms with van der Waals surface area (Å²) in [6, 6.07) is 1.43. The fourth-order valence-corrected chi connectivity index (χ4v) is 3.40. The molecule has 1 aromatic carbocycles. The van der Waals surface area contributed by atoms with Gasteiger partial charge in [-0.15, -0.1) is 0 Å². The Kier molecular flexibility index (Phi) is 4.68. The molecule has 1 amide bonds. The third kappa shape index (κ3) is 3.33. The standard InChI is InChI=1S/C16H20N2O5/c1-8-6-9(2)14(18(22)23)10(3)13(8)15(19)17-12-5-4-11(7-12)16(20)21/h6,11-12H,4-5,7H2,1-3H3,(H,17,19)(H,20,21)/t11-,12+/m0/s1. The fourth-order valence-electron chi connectivity index (χ4n) is 3.40. The van der Waals surface area contributed by atoms with Crippen molar-refractivity contribution < 1.29 is 19.6 Å². The zero-order valence-corrected chi connectivity index (χ0v) is 13.4. The SMILES string of the molecule is Cc1cc(C)c([N+](=O)[O-])c(C)c1C(=O)N[C@@H]1CC[C@H](C(=O)O)C1. The first-order chi connectivity index (χ1) is 10.7. The third-order valence-electron chi connectivity index (χ3n) is 4.46. The van der Waals surface area contributed by atoms with Crippen molar-refractivity contribution >= 4 is 17.6 Å². The van der Waals surface area contributed by atoms with Crippen LogP contribution in [0.3, 0.4) is 0 Å². The number of carbonyl (C=O) groups excluding carboxylic acids is 1. The Bertz CT molecular complexity index is 684. The zero-order valence-electron chi connectivity index (χ0n) is 13.4. The molecule has 0 spiro atoms. The number of rotatable bonds is 4. The van der Waals surface area contributed by atoms with Gasteiger partial charge in [-0.1, -0.05) is 0 Å². The number of carboxylic acid groups (broad SMARTS) is 1. The van der Waals surface area contributed by atoms with E-state index in [9.17, 15) is 19.7 Å². The molecule has 0 saturated heterocycles. The number of nitrogens with one attached hydrogen (secondary N) is 1. The molecule has 7 nitrogen and oxygen atoms in total. The minimum atomic E-state index is -0.847. The number of aryl methyl sites for hydroxylation is 2. The summed E-state index contributed by atoms with van der Waals surface area (Å²) in [5.41, 5.74) is 1.80. The molecular weight excluding hydrogens is 300 g/mol. The zero-order chi connectivity index (χ0) is 17.3. The topological polar surface area (TPSA) is 110 Å². The van der Waals surface area contributed by atoms with Crippen molar-refractivity contribution in [3.8, 4) is 0 Å². The average molecular weight is 320 g/mol. The van der Waals surface area contributed by atoms with Crippen molar-refractivity contribution in [2.45, 2.75) is 46.1 Å². The van der Waals surface area contributed by atoms with Gasteiger partial charge in [0.25, 0.3) is 11.6 Å². The number of amides is 1. The molecule has 2 atom stereocenters. The molecule has 1 saturated carbocycles. The van der Waals surface area contributed by atoms with Crippen LogP contribution in [0.2, 0.25) is 0 Å². The van der Waals surface area contributed by atoms with Gasteiger partial charge in [-0.3, -0.25) is 19.7 Å². The van der Waals surface area contributed by atoms with E-state index in [0.717, 1.165) is 0 Å². The molecule has 0 unspecified atom stereocenters. The highest BCUT2D eigenvalue weighted by Crippen LogP contribution is 2.30. The Labute approximate surface area is 133 Å². The van der Waals surface area contributed by atoms with E-state index in [4.69, 9.17) is 5.11 Å². The third-order valence-corrected chi connectivity index (χ3v) is 4.46. The second kappa shape index (κ2) is 6.36. The van der Waals surface area contributed by atoms with Crippen LogP contribution in [0.5, 0.6) is 0 Å². The molecule has 1 fully saturated rings. The van der Waals surface area contributed by atoms with E-state index in [-0.39, 0.29) is 17.6 Å². The Morgan fingerprint density at radius 2 is 1.91 bits per heavy atom. The lowest BCUT2D eigenvalue weighted by atomic mass is 9.96. The largest absolute Gasteiger partial charge is 0.481 e. The summed E-state index contributed by atoms with van der Waals surface area (Å²) >= 11 is 0. The lowest BCUT2D eigenvalue weighted by Crippen LogP contribution is -2.34. The predicted molar refractivity (Wildman–Crippen MR) is 83.5 cm³/mol. The normalized spacial score (nSPS) is 20.3. The minimum Gasteiger partial charge on any atom is -0.481 e. The maximum Gasteiger partial charge on any atom is 0.306 e. The van der Waals surface area contributed by atoms with Gasteiger partial charge in [-0.25, -0.2) is 0 Å². The molecule has 23 heavy (non-hydrogen) atoms. The first kappa shape index (κ1) is 16.9. The van der Waals surface area contributed by atoms with Gasteiger partial charge < -0.3 is 10.4 Å². The van der Waals surface area contributed by atoms with Crippen molar-refractivity contribution in [1.82, 2.24) is 5.32 Å². The molecule has 1 aliphatic rings. The number of hydrogen-bond donors (Lipinski definition) is 2. The second-order valence-electron chi connectivity index (χ2n) is 6.13. The van der Waals surface area contributed by atoms with Gasteiger partial charge in [0.15, 0.2) is 0 Å². The molecule has 0 aliphatic heterocycles. The van der Waals surface area contributed by atoms with E-state index in [2.05, 4.69) is 5.32 Å². The van der Waals surface area contributed by atoms with Crippen molar-refractivity contribution in [3.05, 3.63) is 38.4 Å². The van der Waals surface area contributed by atoms with E-state index >= 15 is 0 Å². The summed E-state index contributed by atoms with van der Waals surface area (Å²) in [5, 5.41) is 23.0. The quantitative estimate of drug-likeness (QED) is 0.654. The van der Waals surface area contributed by atoms with Crippen molar-refractivity contribution in [3.63, 3.8) is 0 Å². The van der Waals surface area contributed by atoms with Crippen LogP contribution >= 0.6 is 0 Å². The lowest BCUT2D eigenvalue weighted by molar-refractivity contribution is -0.386. The summed E-state index contributed by atoms with van der Waals surface area (Å²) in [5.74, 6) is -1.66. The fraction of sp³-hybridized carbons (Fsp3) is 0.500. The van der Waals surface area contributed by atoms with Gasteiger partial charge in [-0.05, 0) is 51.7 Å². The molecule has 124 valence electrons. The van der Waals surface area contributed by atoms with Gasteiger partial charge >= 0.3 is 5.97 Å². The molecule has 2 N–H and O–H groups in total. The van der Waals surface area contributed by atoms with Gasteiger partial charge in [0.1, 0.15) is 0 Å². The molecular formula is C16H20N2O5. The van der Waals surface area contributed by atoms with Crippen molar-refractivity contribution in [1.29, 1.82) is 0 Å². The number of nitro benzene ring substituents is 1. The number of nitrogens with zero attached hydrogens (tertiary/aromatic N) is 1. The molecule has 2 rings (SSSR count). The van der Waals surface area contributed by atoms with E-state index < -0.39 is 16.8 Å². The van der Waals surface area contributed by atoms with Crippen LogP contribution < -0.4 is 5.32 Å². The average Bonchev–Trinajstić information content (AvgIpc) is 2.85. The van der Waals surface area contributed by atoms with Crippen molar-refractivity contribution in [2.75, 3.05) is 0 Å². The van der Waals surface area contributed by atoms with Crippen molar-refractivity contribution in [2.24, 2.45) is 5.92 Å². The molecule has 0 radical (unpaired) electrons. The maximum atomic E-state index is 12.5. The molecule has 0 aromatic heterocycles. The summed E-state index contributed by atoms with van der Waals surface area (Å²) in [6.07, 6.45) is 1.54. The first-order valence-corrected chi connectivity index (χ1v) is 7.51. The van der Waals surface area contributed by atoms with Crippen LogP contribution in [0, 0.1) is 36.8 Å². The van der Waals surface area contributed by atoms with Crippen LogP contribution in [-0.4, -0.2) is 27.9 Å². The summed E-state index contributed by atoms with van der Waals surface area (Å²) in [6.45, 7) is 4.96. The summed E-state index contributed by atoms with van der Waals surface area (Å²) in [7, 11) is 0. The Hall–Kier alpha value is -2.44. The molecule has 0 heterocycles. The molecule has 1 aliphatic carbocycles. The smallest absolute Gasteiger partial charge is 0.306 e. The summed E-state index contributed by atoms with van der Waals surface area (Å²) in [4.78, 5) is 34.2. The van der Waals surface area contributed by atoms with E-state index in [1.165, 1.54) is 0 Å².